The van der Waals surface area contributed by atoms with E-state index in [1.165, 1.54) is 16.7 Å². The van der Waals surface area contributed by atoms with Crippen LogP contribution in [0.15, 0.2) is 30.5 Å². The van der Waals surface area contributed by atoms with Gasteiger partial charge in [0.2, 0.25) is 0 Å². The molecule has 0 unspecified atom stereocenters. The van der Waals surface area contributed by atoms with Crippen LogP contribution in [0, 0.1) is 13.8 Å². The van der Waals surface area contributed by atoms with E-state index in [-0.39, 0.29) is 0 Å². The van der Waals surface area contributed by atoms with Crippen molar-refractivity contribution >= 4 is 0 Å². The second kappa shape index (κ2) is 6.20. The number of hydrogen-bond acceptors (Lipinski definition) is 4. The fourth-order valence-electron chi connectivity index (χ4n) is 3.35. The van der Waals surface area contributed by atoms with E-state index in [0.717, 1.165) is 43.3 Å². The molecule has 0 amide bonds. The van der Waals surface area contributed by atoms with E-state index in [0.29, 0.717) is 6.04 Å². The van der Waals surface area contributed by atoms with Crippen LogP contribution in [0.3, 0.4) is 0 Å². The lowest BCUT2D eigenvalue weighted by Gasteiger charge is -2.23. The molecule has 0 saturated heterocycles. The molecule has 6 nitrogen and oxygen atoms in total. The fourth-order valence-corrected chi connectivity index (χ4v) is 3.35. The molecule has 1 aliphatic rings. The van der Waals surface area contributed by atoms with Crippen molar-refractivity contribution in [3.63, 3.8) is 0 Å². The van der Waals surface area contributed by atoms with Gasteiger partial charge in [-0.2, -0.15) is 10.2 Å². The van der Waals surface area contributed by atoms with E-state index in [2.05, 4.69) is 56.8 Å². The molecule has 124 valence electrons. The molecule has 6 heteroatoms. The lowest BCUT2D eigenvalue weighted by atomic mass is 10.0. The number of hydrogen-bond donors (Lipinski definition) is 2. The predicted molar refractivity (Wildman–Crippen MR) is 92.5 cm³/mol. The van der Waals surface area contributed by atoms with Crippen LogP contribution in [0.4, 0.5) is 0 Å². The predicted octanol–water partition coefficient (Wildman–Crippen LogP) is 2.39. The summed E-state index contributed by atoms with van der Waals surface area (Å²) < 4.78 is 2.04. The molecule has 0 radical (unpaired) electrons. The maximum absolute atomic E-state index is 4.47. The Hall–Kier alpha value is -2.47. The van der Waals surface area contributed by atoms with E-state index < -0.39 is 0 Å². The Morgan fingerprint density at radius 2 is 2.25 bits per heavy atom. The highest BCUT2D eigenvalue weighted by Crippen LogP contribution is 2.22. The molecule has 1 atom stereocenters. The number of aromatic nitrogens is 5. The number of aryl methyl sites for hydroxylation is 3. The van der Waals surface area contributed by atoms with Crippen molar-refractivity contribution in [2.24, 2.45) is 0 Å². The Morgan fingerprint density at radius 3 is 3.12 bits per heavy atom. The number of nitrogens with zero attached hydrogens (tertiary/aromatic N) is 4. The Bertz CT molecular complexity index is 847. The summed E-state index contributed by atoms with van der Waals surface area (Å²) >= 11 is 0. The quantitative estimate of drug-likeness (QED) is 0.774. The third kappa shape index (κ3) is 2.97. The number of benzene rings is 1. The van der Waals surface area contributed by atoms with Crippen molar-refractivity contribution in [1.29, 1.82) is 0 Å². The molecule has 3 heterocycles. The fraction of sp³-hybridized carbons (Fsp3) is 0.389. The molecule has 0 spiro atoms. The highest BCUT2D eigenvalue weighted by molar-refractivity contribution is 5.63. The first-order valence-corrected chi connectivity index (χ1v) is 8.42. The number of aromatic amines is 1. The maximum atomic E-state index is 4.47. The molecule has 0 bridgehead atoms. The molecule has 2 aromatic heterocycles. The van der Waals surface area contributed by atoms with Gasteiger partial charge < -0.3 is 5.32 Å². The van der Waals surface area contributed by atoms with Crippen molar-refractivity contribution in [2.45, 2.75) is 45.8 Å². The summed E-state index contributed by atoms with van der Waals surface area (Å²) in [6.07, 6.45) is 3.99. The molecule has 2 N–H and O–H groups in total. The largest absolute Gasteiger partial charge is 0.308 e. The van der Waals surface area contributed by atoms with Crippen molar-refractivity contribution in [3.8, 4) is 11.3 Å². The van der Waals surface area contributed by atoms with Crippen molar-refractivity contribution in [1.82, 2.24) is 30.3 Å². The number of rotatable bonds is 4. The van der Waals surface area contributed by atoms with Crippen molar-refractivity contribution in [2.75, 3.05) is 0 Å². The van der Waals surface area contributed by atoms with E-state index >= 15 is 0 Å². The third-order valence-corrected chi connectivity index (χ3v) is 4.57. The zero-order valence-electron chi connectivity index (χ0n) is 14.1. The minimum absolute atomic E-state index is 0.416. The molecular formula is C18H22N6. The van der Waals surface area contributed by atoms with Crippen LogP contribution < -0.4 is 5.32 Å². The minimum Gasteiger partial charge on any atom is -0.308 e. The molecule has 0 fully saturated rings. The van der Waals surface area contributed by atoms with Crippen LogP contribution in [0.1, 0.15) is 29.2 Å². The average molecular weight is 322 g/mol. The van der Waals surface area contributed by atoms with Gasteiger partial charge in [-0.3, -0.25) is 5.10 Å². The minimum atomic E-state index is 0.416. The first-order chi connectivity index (χ1) is 11.7. The average Bonchev–Trinajstić information content (AvgIpc) is 3.17. The number of fused-ring (bicyclic) bond motifs is 1. The Labute approximate surface area is 141 Å². The Balaban J connectivity index is 1.45. The van der Waals surface area contributed by atoms with Gasteiger partial charge in [-0.15, -0.1) is 0 Å². The molecule has 0 aliphatic carbocycles. The van der Waals surface area contributed by atoms with Gasteiger partial charge in [-0.25, -0.2) is 9.67 Å². The Kier molecular flexibility index (Phi) is 3.90. The summed E-state index contributed by atoms with van der Waals surface area (Å²) in [5, 5.41) is 15.5. The van der Waals surface area contributed by atoms with Crippen LogP contribution in [-0.2, 0) is 19.5 Å². The molecule has 0 saturated carbocycles. The summed E-state index contributed by atoms with van der Waals surface area (Å²) in [4.78, 5) is 4.47. The van der Waals surface area contributed by atoms with E-state index in [1.807, 2.05) is 17.8 Å². The zero-order valence-corrected chi connectivity index (χ0v) is 14.1. The van der Waals surface area contributed by atoms with Crippen LogP contribution in [0.25, 0.3) is 11.3 Å². The lowest BCUT2D eigenvalue weighted by Crippen LogP contribution is -2.37. The van der Waals surface area contributed by atoms with Gasteiger partial charge in [0, 0.05) is 30.1 Å². The molecule has 4 rings (SSSR count). The number of nitrogens with one attached hydrogen (secondary N) is 2. The van der Waals surface area contributed by atoms with E-state index in [4.69, 9.17) is 0 Å². The second-order valence-corrected chi connectivity index (χ2v) is 6.51. The smallest absolute Gasteiger partial charge is 0.147 e. The molecular weight excluding hydrogens is 300 g/mol. The summed E-state index contributed by atoms with van der Waals surface area (Å²) in [5.74, 6) is 1.97. The van der Waals surface area contributed by atoms with Gasteiger partial charge in [-0.05, 0) is 26.3 Å². The summed E-state index contributed by atoms with van der Waals surface area (Å²) in [6.45, 7) is 5.74. The van der Waals surface area contributed by atoms with E-state index in [1.54, 1.807) is 0 Å². The Morgan fingerprint density at radius 1 is 1.33 bits per heavy atom. The zero-order chi connectivity index (χ0) is 16.5. The van der Waals surface area contributed by atoms with Gasteiger partial charge in [-0.1, -0.05) is 23.8 Å². The van der Waals surface area contributed by atoms with Gasteiger partial charge >= 0.3 is 0 Å². The SMILES string of the molecule is Cc1cccc(-c2[nH]ncc2CN[C@@H]2CCc3nc(C)nn3C2)c1. The third-order valence-electron chi connectivity index (χ3n) is 4.57. The molecule has 1 aromatic carbocycles. The molecule has 3 aromatic rings. The van der Waals surface area contributed by atoms with Crippen molar-refractivity contribution < 1.29 is 0 Å². The highest BCUT2D eigenvalue weighted by atomic mass is 15.4. The summed E-state index contributed by atoms with van der Waals surface area (Å²) in [6, 6.07) is 8.91. The number of H-pyrrole nitrogens is 1. The first kappa shape index (κ1) is 15.1. The van der Waals surface area contributed by atoms with Crippen LogP contribution in [-0.4, -0.2) is 31.0 Å². The first-order valence-electron chi connectivity index (χ1n) is 8.42. The van der Waals surface area contributed by atoms with Gasteiger partial charge in [0.05, 0.1) is 18.4 Å². The van der Waals surface area contributed by atoms with Crippen LogP contribution in [0.5, 0.6) is 0 Å². The standard InChI is InChI=1S/C18H22N6/c1-12-4-3-5-14(8-12)18-15(10-20-22-18)9-19-16-6-7-17-21-13(2)23-24(17)11-16/h3-5,8,10,16,19H,6-7,9,11H2,1-2H3,(H,20,22)/t16-/m1/s1. The second-order valence-electron chi connectivity index (χ2n) is 6.51. The maximum Gasteiger partial charge on any atom is 0.147 e. The topological polar surface area (TPSA) is 71.4 Å². The highest BCUT2D eigenvalue weighted by Gasteiger charge is 2.21. The van der Waals surface area contributed by atoms with Crippen LogP contribution in [0.2, 0.25) is 0 Å². The van der Waals surface area contributed by atoms with Gasteiger partial charge in [0.1, 0.15) is 11.6 Å². The molecule has 1 aliphatic heterocycles. The summed E-state index contributed by atoms with van der Waals surface area (Å²) in [7, 11) is 0. The molecule has 24 heavy (non-hydrogen) atoms. The summed E-state index contributed by atoms with van der Waals surface area (Å²) in [5.41, 5.74) is 4.73. The van der Waals surface area contributed by atoms with Crippen molar-refractivity contribution in [3.05, 3.63) is 53.2 Å². The monoisotopic (exact) mass is 322 g/mol. The lowest BCUT2D eigenvalue weighted by molar-refractivity contribution is 0.358. The van der Waals surface area contributed by atoms with Gasteiger partial charge in [0.15, 0.2) is 0 Å². The van der Waals surface area contributed by atoms with Gasteiger partial charge in [0.25, 0.3) is 0 Å². The van der Waals surface area contributed by atoms with Crippen LogP contribution >= 0.6 is 0 Å². The normalized spacial score (nSPS) is 17.0. The van der Waals surface area contributed by atoms with E-state index in [9.17, 15) is 0 Å².